The lowest BCUT2D eigenvalue weighted by atomic mass is 10.0. The van der Waals surface area contributed by atoms with Crippen molar-refractivity contribution in [1.29, 1.82) is 0 Å². The summed E-state index contributed by atoms with van der Waals surface area (Å²) in [6, 6.07) is 9.19. The lowest BCUT2D eigenvalue weighted by Gasteiger charge is -2.11. The first-order valence-corrected chi connectivity index (χ1v) is 7.64. The maximum absolute atomic E-state index is 13.5. The van der Waals surface area contributed by atoms with Crippen molar-refractivity contribution < 1.29 is 4.39 Å². The molecule has 0 aliphatic heterocycles. The second kappa shape index (κ2) is 7.89. The number of nitrogens with one attached hydrogen (secondary N) is 1. The van der Waals surface area contributed by atoms with Gasteiger partial charge in [-0.15, -0.1) is 0 Å². The molecule has 1 aromatic heterocycles. The predicted molar refractivity (Wildman–Crippen MR) is 84.8 cm³/mol. The molecule has 2 aromatic rings. The van der Waals surface area contributed by atoms with Gasteiger partial charge in [-0.05, 0) is 54.3 Å². The molecule has 0 aliphatic carbocycles. The number of benzene rings is 1. The fraction of sp³-hybridized carbons (Fsp3) is 0.389. The lowest BCUT2D eigenvalue weighted by molar-refractivity contribution is 0.617. The van der Waals surface area contributed by atoms with Crippen molar-refractivity contribution in [2.75, 3.05) is 6.54 Å². The molecule has 0 atom stereocenters. The smallest absolute Gasteiger partial charge is 0.123 e. The summed E-state index contributed by atoms with van der Waals surface area (Å²) in [5.41, 5.74) is 4.42. The third-order valence-electron chi connectivity index (χ3n) is 3.58. The first-order chi connectivity index (χ1) is 10.2. The maximum atomic E-state index is 13.5. The van der Waals surface area contributed by atoms with Gasteiger partial charge in [-0.2, -0.15) is 0 Å². The van der Waals surface area contributed by atoms with Gasteiger partial charge < -0.3 is 5.32 Å². The molecule has 0 spiro atoms. The highest BCUT2D eigenvalue weighted by Gasteiger charge is 2.06. The Morgan fingerprint density at radius 2 is 1.95 bits per heavy atom. The predicted octanol–water partition coefficient (Wildman–Crippen LogP) is 3.87. The summed E-state index contributed by atoms with van der Waals surface area (Å²) < 4.78 is 13.5. The van der Waals surface area contributed by atoms with Crippen molar-refractivity contribution >= 4 is 0 Å². The van der Waals surface area contributed by atoms with Crippen LogP contribution >= 0.6 is 0 Å². The van der Waals surface area contributed by atoms with Crippen LogP contribution in [0.4, 0.5) is 4.39 Å². The van der Waals surface area contributed by atoms with Crippen LogP contribution in [0.15, 0.2) is 36.5 Å². The molecule has 0 radical (unpaired) electrons. The number of rotatable bonds is 7. The Morgan fingerprint density at radius 1 is 1.10 bits per heavy atom. The Labute approximate surface area is 126 Å². The Hall–Kier alpha value is -1.74. The Balaban J connectivity index is 2.13. The third kappa shape index (κ3) is 4.64. The summed E-state index contributed by atoms with van der Waals surface area (Å²) in [6.45, 7) is 5.89. The molecule has 1 N–H and O–H groups in total. The van der Waals surface area contributed by atoms with Gasteiger partial charge in [0, 0.05) is 24.9 Å². The molecule has 0 amide bonds. The Bertz CT molecular complexity index is 564. The van der Waals surface area contributed by atoms with Crippen LogP contribution in [0.2, 0.25) is 0 Å². The normalized spacial score (nSPS) is 10.8. The number of aryl methyl sites for hydroxylation is 1. The van der Waals surface area contributed by atoms with E-state index in [9.17, 15) is 4.39 Å². The lowest BCUT2D eigenvalue weighted by Crippen LogP contribution is -2.15. The number of hydrogen-bond donors (Lipinski definition) is 1. The molecule has 21 heavy (non-hydrogen) atoms. The largest absolute Gasteiger partial charge is 0.313 e. The van der Waals surface area contributed by atoms with E-state index in [-0.39, 0.29) is 5.82 Å². The molecule has 0 saturated heterocycles. The van der Waals surface area contributed by atoms with Gasteiger partial charge in [-0.3, -0.25) is 4.98 Å². The van der Waals surface area contributed by atoms with Gasteiger partial charge in [0.25, 0.3) is 0 Å². The topological polar surface area (TPSA) is 24.9 Å². The SMILES string of the molecule is CCCNCc1cc(F)ccc1Cc1ccc(CC)cn1. The van der Waals surface area contributed by atoms with Gasteiger partial charge in [0.05, 0.1) is 0 Å². The monoisotopic (exact) mass is 286 g/mol. The van der Waals surface area contributed by atoms with E-state index in [1.807, 2.05) is 12.3 Å². The van der Waals surface area contributed by atoms with Crippen LogP contribution in [-0.4, -0.2) is 11.5 Å². The van der Waals surface area contributed by atoms with E-state index >= 15 is 0 Å². The highest BCUT2D eigenvalue weighted by atomic mass is 19.1. The number of nitrogens with zero attached hydrogens (tertiary/aromatic N) is 1. The first kappa shape index (κ1) is 15.6. The highest BCUT2D eigenvalue weighted by Crippen LogP contribution is 2.15. The standard InChI is InChI=1S/C18H23FN2/c1-3-9-20-13-16-10-17(19)7-6-15(16)11-18-8-5-14(4-2)12-21-18/h5-8,10,12,20H,3-4,9,11,13H2,1-2H3. The van der Waals surface area contributed by atoms with Crippen molar-refractivity contribution in [3.8, 4) is 0 Å². The zero-order chi connectivity index (χ0) is 15.1. The van der Waals surface area contributed by atoms with E-state index in [0.717, 1.165) is 42.6 Å². The van der Waals surface area contributed by atoms with Crippen molar-refractivity contribution in [3.05, 3.63) is 64.7 Å². The van der Waals surface area contributed by atoms with E-state index in [4.69, 9.17) is 0 Å². The second-order valence-electron chi connectivity index (χ2n) is 5.28. The molecule has 0 bridgehead atoms. The maximum Gasteiger partial charge on any atom is 0.123 e. The average Bonchev–Trinajstić information content (AvgIpc) is 2.51. The number of halogens is 1. The van der Waals surface area contributed by atoms with E-state index < -0.39 is 0 Å². The number of aromatic nitrogens is 1. The first-order valence-electron chi connectivity index (χ1n) is 7.64. The fourth-order valence-electron chi connectivity index (χ4n) is 2.30. The van der Waals surface area contributed by atoms with E-state index in [0.29, 0.717) is 6.54 Å². The molecule has 0 saturated carbocycles. The molecule has 0 unspecified atom stereocenters. The van der Waals surface area contributed by atoms with Crippen molar-refractivity contribution in [2.45, 2.75) is 39.7 Å². The zero-order valence-electron chi connectivity index (χ0n) is 12.8. The molecule has 0 fully saturated rings. The number of pyridine rings is 1. The van der Waals surface area contributed by atoms with Gasteiger partial charge in [0.2, 0.25) is 0 Å². The van der Waals surface area contributed by atoms with Gasteiger partial charge in [-0.25, -0.2) is 4.39 Å². The molecule has 112 valence electrons. The van der Waals surface area contributed by atoms with Crippen LogP contribution in [-0.2, 0) is 19.4 Å². The van der Waals surface area contributed by atoms with Crippen molar-refractivity contribution in [1.82, 2.24) is 10.3 Å². The summed E-state index contributed by atoms with van der Waals surface area (Å²) in [4.78, 5) is 4.49. The third-order valence-corrected chi connectivity index (χ3v) is 3.58. The fourth-order valence-corrected chi connectivity index (χ4v) is 2.30. The van der Waals surface area contributed by atoms with Gasteiger partial charge in [0.1, 0.15) is 5.82 Å². The summed E-state index contributed by atoms with van der Waals surface area (Å²) in [5.74, 6) is -0.179. The summed E-state index contributed by atoms with van der Waals surface area (Å²) in [5, 5.41) is 3.34. The van der Waals surface area contributed by atoms with Gasteiger partial charge in [0.15, 0.2) is 0 Å². The van der Waals surface area contributed by atoms with Crippen LogP contribution in [0.3, 0.4) is 0 Å². The molecule has 2 nitrogen and oxygen atoms in total. The average molecular weight is 286 g/mol. The zero-order valence-corrected chi connectivity index (χ0v) is 12.8. The molecule has 1 heterocycles. The van der Waals surface area contributed by atoms with Crippen LogP contribution in [0.25, 0.3) is 0 Å². The van der Waals surface area contributed by atoms with Crippen LogP contribution in [0.5, 0.6) is 0 Å². The van der Waals surface area contributed by atoms with Gasteiger partial charge >= 0.3 is 0 Å². The Morgan fingerprint density at radius 3 is 2.62 bits per heavy atom. The van der Waals surface area contributed by atoms with E-state index in [2.05, 4.69) is 36.3 Å². The van der Waals surface area contributed by atoms with Crippen LogP contribution in [0, 0.1) is 5.82 Å². The summed E-state index contributed by atoms with van der Waals surface area (Å²) in [7, 11) is 0. The van der Waals surface area contributed by atoms with Crippen molar-refractivity contribution in [2.24, 2.45) is 0 Å². The highest BCUT2D eigenvalue weighted by molar-refractivity contribution is 5.32. The minimum Gasteiger partial charge on any atom is -0.313 e. The molecule has 0 aliphatic rings. The molecular formula is C18H23FN2. The quantitative estimate of drug-likeness (QED) is 0.781. The second-order valence-corrected chi connectivity index (χ2v) is 5.28. The Kier molecular flexibility index (Phi) is 5.88. The van der Waals surface area contributed by atoms with E-state index in [1.165, 1.54) is 11.6 Å². The summed E-state index contributed by atoms with van der Waals surface area (Å²) in [6.07, 6.45) is 4.74. The van der Waals surface area contributed by atoms with Gasteiger partial charge in [-0.1, -0.05) is 26.0 Å². The molecular weight excluding hydrogens is 263 g/mol. The van der Waals surface area contributed by atoms with Crippen molar-refractivity contribution in [3.63, 3.8) is 0 Å². The van der Waals surface area contributed by atoms with E-state index in [1.54, 1.807) is 6.07 Å². The van der Waals surface area contributed by atoms with Crippen LogP contribution < -0.4 is 5.32 Å². The molecule has 2 rings (SSSR count). The minimum atomic E-state index is -0.179. The molecule has 1 aromatic carbocycles. The summed E-state index contributed by atoms with van der Waals surface area (Å²) >= 11 is 0. The number of hydrogen-bond acceptors (Lipinski definition) is 2. The molecule has 3 heteroatoms. The minimum absolute atomic E-state index is 0.179. The van der Waals surface area contributed by atoms with Crippen LogP contribution in [0.1, 0.15) is 42.7 Å².